The molecule has 0 aliphatic carbocycles. The quantitative estimate of drug-likeness (QED) is 0.450. The van der Waals surface area contributed by atoms with Crippen LogP contribution in [0.5, 0.6) is 0 Å². The number of aromatic nitrogens is 1. The summed E-state index contributed by atoms with van der Waals surface area (Å²) >= 11 is 3.59. The minimum atomic E-state index is -0.378. The Morgan fingerprint density at radius 2 is 1.82 bits per heavy atom. The lowest BCUT2D eigenvalue weighted by molar-refractivity contribution is -0.117. The van der Waals surface area contributed by atoms with Gasteiger partial charge in [0.15, 0.2) is 0 Å². The zero-order valence-electron chi connectivity index (χ0n) is 15.7. The Morgan fingerprint density at radius 3 is 2.50 bits per heavy atom. The zero-order valence-corrected chi connectivity index (χ0v) is 17.3. The molecule has 2 aromatic carbocycles. The lowest BCUT2D eigenvalue weighted by Crippen LogP contribution is -2.23. The van der Waals surface area contributed by atoms with E-state index in [1.54, 1.807) is 6.08 Å². The molecule has 0 saturated heterocycles. The Labute approximate surface area is 173 Å². The van der Waals surface area contributed by atoms with Gasteiger partial charge in [0, 0.05) is 22.4 Å². The Morgan fingerprint density at radius 1 is 1.14 bits per heavy atom. The number of nitrogens with one attached hydrogen (secondary N) is 1. The second-order valence-electron chi connectivity index (χ2n) is 6.45. The van der Waals surface area contributed by atoms with Crippen LogP contribution in [0.4, 0.5) is 0 Å². The third kappa shape index (κ3) is 4.24. The van der Waals surface area contributed by atoms with Gasteiger partial charge in [-0.3, -0.25) is 4.79 Å². The SMILES string of the molecule is Cc1cc(/C=C(/C#N)C(=O)NCc2ccccc2)c(C)n1-c1ccccc1Br. The first-order valence-electron chi connectivity index (χ1n) is 8.89. The summed E-state index contributed by atoms with van der Waals surface area (Å²) in [6, 6.07) is 21.6. The summed E-state index contributed by atoms with van der Waals surface area (Å²) < 4.78 is 3.08. The van der Waals surface area contributed by atoms with E-state index in [9.17, 15) is 10.1 Å². The van der Waals surface area contributed by atoms with E-state index in [-0.39, 0.29) is 11.5 Å². The van der Waals surface area contributed by atoms with E-state index in [0.29, 0.717) is 6.54 Å². The molecule has 28 heavy (non-hydrogen) atoms. The molecule has 1 amide bonds. The van der Waals surface area contributed by atoms with E-state index in [4.69, 9.17) is 0 Å². The molecule has 1 heterocycles. The topological polar surface area (TPSA) is 57.8 Å². The molecule has 0 atom stereocenters. The second kappa shape index (κ2) is 8.73. The lowest BCUT2D eigenvalue weighted by Gasteiger charge is -2.11. The number of benzene rings is 2. The Bertz CT molecular complexity index is 1070. The molecule has 3 rings (SSSR count). The van der Waals surface area contributed by atoms with Crippen LogP contribution in [0.3, 0.4) is 0 Å². The van der Waals surface area contributed by atoms with Gasteiger partial charge < -0.3 is 9.88 Å². The van der Waals surface area contributed by atoms with Crippen molar-refractivity contribution in [3.05, 3.63) is 93.2 Å². The molecular formula is C23H20BrN3O. The first-order chi connectivity index (χ1) is 13.5. The summed E-state index contributed by atoms with van der Waals surface area (Å²) in [5, 5.41) is 12.3. The number of halogens is 1. The van der Waals surface area contributed by atoms with Crippen molar-refractivity contribution in [3.8, 4) is 11.8 Å². The minimum absolute atomic E-state index is 0.0864. The number of nitriles is 1. The highest BCUT2D eigenvalue weighted by molar-refractivity contribution is 9.10. The van der Waals surface area contributed by atoms with Gasteiger partial charge in [-0.05, 0) is 65.2 Å². The molecule has 0 radical (unpaired) electrons. The highest BCUT2D eigenvalue weighted by Gasteiger charge is 2.14. The van der Waals surface area contributed by atoms with Gasteiger partial charge >= 0.3 is 0 Å². The summed E-state index contributed by atoms with van der Waals surface area (Å²) in [4.78, 5) is 12.5. The monoisotopic (exact) mass is 433 g/mol. The average Bonchev–Trinajstić information content (AvgIpc) is 2.98. The molecule has 4 nitrogen and oxygen atoms in total. The van der Waals surface area contributed by atoms with E-state index in [1.807, 2.05) is 80.6 Å². The van der Waals surface area contributed by atoms with Crippen molar-refractivity contribution in [1.82, 2.24) is 9.88 Å². The molecular weight excluding hydrogens is 414 g/mol. The number of rotatable bonds is 5. The van der Waals surface area contributed by atoms with Crippen LogP contribution in [0.2, 0.25) is 0 Å². The molecule has 0 bridgehead atoms. The van der Waals surface area contributed by atoms with Crippen LogP contribution < -0.4 is 5.32 Å². The van der Waals surface area contributed by atoms with Crippen molar-refractivity contribution in [2.24, 2.45) is 0 Å². The fraction of sp³-hybridized carbons (Fsp3) is 0.130. The Balaban J connectivity index is 1.87. The van der Waals surface area contributed by atoms with E-state index in [1.165, 1.54) is 0 Å². The second-order valence-corrected chi connectivity index (χ2v) is 7.31. The van der Waals surface area contributed by atoms with Crippen LogP contribution in [0.1, 0.15) is 22.5 Å². The van der Waals surface area contributed by atoms with Crippen molar-refractivity contribution < 1.29 is 4.79 Å². The molecule has 3 aromatic rings. The van der Waals surface area contributed by atoms with Gasteiger partial charge in [0.05, 0.1) is 5.69 Å². The number of hydrogen-bond acceptors (Lipinski definition) is 2. The Hall–Kier alpha value is -3.10. The van der Waals surface area contributed by atoms with Gasteiger partial charge in [0.1, 0.15) is 11.6 Å². The Kier molecular flexibility index (Phi) is 6.13. The fourth-order valence-electron chi connectivity index (χ4n) is 3.12. The summed E-state index contributed by atoms with van der Waals surface area (Å²) in [6.07, 6.45) is 1.65. The van der Waals surface area contributed by atoms with Crippen LogP contribution >= 0.6 is 15.9 Å². The summed E-state index contributed by atoms with van der Waals surface area (Å²) in [6.45, 7) is 4.37. The standard InChI is InChI=1S/C23H20BrN3O/c1-16-12-19(17(2)27(16)22-11-7-6-10-21(22)24)13-20(14-25)23(28)26-15-18-8-4-3-5-9-18/h3-13H,15H2,1-2H3,(H,26,28)/b20-13-. The van der Waals surface area contributed by atoms with Crippen molar-refractivity contribution in [3.63, 3.8) is 0 Å². The number of aryl methyl sites for hydroxylation is 1. The highest BCUT2D eigenvalue weighted by atomic mass is 79.9. The summed E-state index contributed by atoms with van der Waals surface area (Å²) in [5.74, 6) is -0.378. The largest absolute Gasteiger partial charge is 0.347 e. The van der Waals surface area contributed by atoms with Gasteiger partial charge in [-0.25, -0.2) is 0 Å². The third-order valence-electron chi connectivity index (χ3n) is 4.52. The van der Waals surface area contributed by atoms with Crippen molar-refractivity contribution in [1.29, 1.82) is 5.26 Å². The molecule has 5 heteroatoms. The smallest absolute Gasteiger partial charge is 0.262 e. The summed E-state index contributed by atoms with van der Waals surface area (Å²) in [5.41, 5.74) is 4.93. The van der Waals surface area contributed by atoms with E-state index in [0.717, 1.165) is 32.7 Å². The maximum atomic E-state index is 12.5. The van der Waals surface area contributed by atoms with Crippen LogP contribution in [-0.4, -0.2) is 10.5 Å². The maximum Gasteiger partial charge on any atom is 0.262 e. The number of para-hydroxylation sites is 1. The number of amides is 1. The molecule has 0 unspecified atom stereocenters. The molecule has 0 aliphatic heterocycles. The van der Waals surface area contributed by atoms with Crippen LogP contribution in [0.15, 0.2) is 70.7 Å². The third-order valence-corrected chi connectivity index (χ3v) is 5.20. The van der Waals surface area contributed by atoms with E-state index < -0.39 is 0 Å². The van der Waals surface area contributed by atoms with Crippen molar-refractivity contribution in [2.75, 3.05) is 0 Å². The number of nitrogens with zero attached hydrogens (tertiary/aromatic N) is 2. The molecule has 0 spiro atoms. The van der Waals surface area contributed by atoms with E-state index >= 15 is 0 Å². The molecule has 1 aromatic heterocycles. The predicted octanol–water partition coefficient (Wildman–Crippen LogP) is 5.08. The first-order valence-corrected chi connectivity index (χ1v) is 9.68. The zero-order chi connectivity index (χ0) is 20.1. The number of carbonyl (C=O) groups is 1. The van der Waals surface area contributed by atoms with Gasteiger partial charge in [-0.1, -0.05) is 42.5 Å². The van der Waals surface area contributed by atoms with Gasteiger partial charge in [0.25, 0.3) is 5.91 Å². The van der Waals surface area contributed by atoms with E-state index in [2.05, 4.69) is 25.8 Å². The lowest BCUT2D eigenvalue weighted by atomic mass is 10.1. The van der Waals surface area contributed by atoms with Gasteiger partial charge in [-0.15, -0.1) is 0 Å². The molecule has 0 aliphatic rings. The van der Waals surface area contributed by atoms with Crippen LogP contribution in [0, 0.1) is 25.2 Å². The predicted molar refractivity (Wildman–Crippen MR) is 115 cm³/mol. The average molecular weight is 434 g/mol. The summed E-state index contributed by atoms with van der Waals surface area (Å²) in [7, 11) is 0. The molecule has 0 fully saturated rings. The molecule has 140 valence electrons. The van der Waals surface area contributed by atoms with Crippen molar-refractivity contribution in [2.45, 2.75) is 20.4 Å². The van der Waals surface area contributed by atoms with Crippen molar-refractivity contribution >= 4 is 27.9 Å². The molecule has 1 N–H and O–H groups in total. The number of hydrogen-bond donors (Lipinski definition) is 1. The van der Waals surface area contributed by atoms with Gasteiger partial charge in [-0.2, -0.15) is 5.26 Å². The highest BCUT2D eigenvalue weighted by Crippen LogP contribution is 2.27. The number of carbonyl (C=O) groups excluding carboxylic acids is 1. The molecule has 0 saturated carbocycles. The fourth-order valence-corrected chi connectivity index (χ4v) is 3.58. The minimum Gasteiger partial charge on any atom is -0.347 e. The van der Waals surface area contributed by atoms with Crippen LogP contribution in [-0.2, 0) is 11.3 Å². The maximum absolute atomic E-state index is 12.5. The van der Waals surface area contributed by atoms with Gasteiger partial charge in [0.2, 0.25) is 0 Å². The van der Waals surface area contributed by atoms with Crippen LogP contribution in [0.25, 0.3) is 11.8 Å². The first kappa shape index (κ1) is 19.7. The normalized spacial score (nSPS) is 11.1.